The quantitative estimate of drug-likeness (QED) is 0.790. The lowest BCUT2D eigenvalue weighted by Crippen LogP contribution is -2.35. The number of phenols is 1. The van der Waals surface area contributed by atoms with Crippen molar-refractivity contribution >= 4 is 11.7 Å². The number of aliphatic carboxylic acids is 1. The van der Waals surface area contributed by atoms with Crippen LogP contribution in [0.4, 0.5) is 0 Å². The molecule has 2 rings (SSSR count). The van der Waals surface area contributed by atoms with Gasteiger partial charge >= 0.3 is 5.97 Å². The van der Waals surface area contributed by atoms with Gasteiger partial charge in [0.1, 0.15) is 5.75 Å². The van der Waals surface area contributed by atoms with Crippen molar-refractivity contribution in [3.8, 4) is 5.75 Å². The van der Waals surface area contributed by atoms with Crippen LogP contribution < -0.4 is 0 Å². The van der Waals surface area contributed by atoms with E-state index in [0.717, 1.165) is 5.56 Å². The molecule has 1 aromatic carbocycles. The lowest BCUT2D eigenvalue weighted by molar-refractivity contribution is -0.160. The second kappa shape index (κ2) is 3.52. The summed E-state index contributed by atoms with van der Waals surface area (Å²) in [6, 6.07) is 6.39. The number of oxime groups is 1. The van der Waals surface area contributed by atoms with Crippen LogP contribution in [-0.2, 0) is 9.63 Å². The van der Waals surface area contributed by atoms with E-state index in [1.165, 1.54) is 19.1 Å². The van der Waals surface area contributed by atoms with Gasteiger partial charge < -0.3 is 15.1 Å². The van der Waals surface area contributed by atoms with Gasteiger partial charge in [-0.1, -0.05) is 5.16 Å². The second-order valence-corrected chi connectivity index (χ2v) is 3.89. The summed E-state index contributed by atoms with van der Waals surface area (Å²) in [5.74, 6) is -0.880. The molecular formula is C11H11NO4. The van der Waals surface area contributed by atoms with Gasteiger partial charge in [0.05, 0.1) is 5.71 Å². The summed E-state index contributed by atoms with van der Waals surface area (Å²) >= 11 is 0. The molecule has 2 N–H and O–H groups in total. The molecule has 0 saturated heterocycles. The number of hydrogen-bond acceptors (Lipinski definition) is 4. The molecule has 1 heterocycles. The molecule has 5 heteroatoms. The number of nitrogens with zero attached hydrogens (tertiary/aromatic N) is 1. The minimum atomic E-state index is -1.28. The van der Waals surface area contributed by atoms with Crippen LogP contribution in [-0.4, -0.2) is 27.5 Å². The van der Waals surface area contributed by atoms with Crippen LogP contribution in [0.15, 0.2) is 29.4 Å². The SMILES string of the molecule is CC1(C(=O)O)CC(c2ccc(O)cc2)=NO1. The molecule has 0 aromatic heterocycles. The Morgan fingerprint density at radius 1 is 1.44 bits per heavy atom. The smallest absolute Gasteiger partial charge is 0.351 e. The van der Waals surface area contributed by atoms with E-state index in [2.05, 4.69) is 5.16 Å². The van der Waals surface area contributed by atoms with Crippen LogP contribution in [0, 0.1) is 0 Å². The molecule has 1 atom stereocenters. The molecule has 16 heavy (non-hydrogen) atoms. The van der Waals surface area contributed by atoms with Gasteiger partial charge in [-0.15, -0.1) is 0 Å². The van der Waals surface area contributed by atoms with Crippen molar-refractivity contribution in [2.45, 2.75) is 18.9 Å². The normalized spacial score (nSPS) is 23.7. The van der Waals surface area contributed by atoms with Crippen molar-refractivity contribution in [1.29, 1.82) is 0 Å². The molecule has 0 radical (unpaired) electrons. The van der Waals surface area contributed by atoms with E-state index in [1.54, 1.807) is 12.1 Å². The summed E-state index contributed by atoms with van der Waals surface area (Å²) in [4.78, 5) is 15.8. The Morgan fingerprint density at radius 3 is 2.56 bits per heavy atom. The van der Waals surface area contributed by atoms with Crippen LogP contribution in [0.2, 0.25) is 0 Å². The lowest BCUT2D eigenvalue weighted by Gasteiger charge is -2.14. The second-order valence-electron chi connectivity index (χ2n) is 3.89. The summed E-state index contributed by atoms with van der Waals surface area (Å²) < 4.78 is 0. The molecule has 0 aliphatic carbocycles. The Hall–Kier alpha value is -2.04. The summed E-state index contributed by atoms with van der Waals surface area (Å²) in [6.07, 6.45) is 0.215. The summed E-state index contributed by atoms with van der Waals surface area (Å²) in [6.45, 7) is 1.48. The Morgan fingerprint density at radius 2 is 2.06 bits per heavy atom. The molecule has 0 fully saturated rings. The lowest BCUT2D eigenvalue weighted by atomic mass is 9.96. The first-order valence-electron chi connectivity index (χ1n) is 4.79. The maximum Gasteiger partial charge on any atom is 0.351 e. The zero-order valence-corrected chi connectivity index (χ0v) is 8.67. The third kappa shape index (κ3) is 1.71. The molecule has 0 bridgehead atoms. The van der Waals surface area contributed by atoms with Crippen molar-refractivity contribution in [3.05, 3.63) is 29.8 Å². The zero-order chi connectivity index (χ0) is 11.8. The molecule has 0 amide bonds. The number of hydrogen-bond donors (Lipinski definition) is 2. The van der Waals surface area contributed by atoms with Gasteiger partial charge in [-0.3, -0.25) is 0 Å². The van der Waals surface area contributed by atoms with Crippen molar-refractivity contribution in [2.24, 2.45) is 5.16 Å². The number of carboxylic acid groups (broad SMARTS) is 1. The number of aromatic hydroxyl groups is 1. The number of benzene rings is 1. The minimum absolute atomic E-state index is 0.157. The first-order valence-corrected chi connectivity index (χ1v) is 4.79. The van der Waals surface area contributed by atoms with E-state index in [1.807, 2.05) is 0 Å². The highest BCUT2D eigenvalue weighted by Crippen LogP contribution is 2.27. The molecule has 1 aliphatic rings. The highest BCUT2D eigenvalue weighted by Gasteiger charge is 2.42. The summed E-state index contributed by atoms with van der Waals surface area (Å²) in [7, 11) is 0. The van der Waals surface area contributed by atoms with Crippen molar-refractivity contribution in [1.82, 2.24) is 0 Å². The average molecular weight is 221 g/mol. The zero-order valence-electron chi connectivity index (χ0n) is 8.67. The standard InChI is InChI=1S/C11H11NO4/c1-11(10(14)15)6-9(12-16-11)7-2-4-8(13)5-3-7/h2-5,13H,6H2,1H3,(H,14,15). The van der Waals surface area contributed by atoms with E-state index >= 15 is 0 Å². The van der Waals surface area contributed by atoms with Crippen LogP contribution in [0.3, 0.4) is 0 Å². The summed E-state index contributed by atoms with van der Waals surface area (Å²) in [5, 5.41) is 21.8. The molecule has 1 unspecified atom stereocenters. The van der Waals surface area contributed by atoms with E-state index in [0.29, 0.717) is 5.71 Å². The van der Waals surface area contributed by atoms with E-state index in [-0.39, 0.29) is 12.2 Å². The van der Waals surface area contributed by atoms with Crippen molar-refractivity contribution < 1.29 is 19.8 Å². The average Bonchev–Trinajstić information content (AvgIpc) is 2.63. The first kappa shape index (κ1) is 10.5. The third-order valence-electron chi connectivity index (χ3n) is 2.52. The summed E-state index contributed by atoms with van der Waals surface area (Å²) in [5.41, 5.74) is 0.0420. The number of rotatable bonds is 2. The Labute approximate surface area is 92.0 Å². The third-order valence-corrected chi connectivity index (χ3v) is 2.52. The fraction of sp³-hybridized carbons (Fsp3) is 0.273. The highest BCUT2D eigenvalue weighted by molar-refractivity contribution is 6.04. The number of carbonyl (C=O) groups is 1. The predicted molar refractivity (Wildman–Crippen MR) is 56.4 cm³/mol. The van der Waals surface area contributed by atoms with Crippen LogP contribution in [0.25, 0.3) is 0 Å². The molecule has 1 aliphatic heterocycles. The Kier molecular flexibility index (Phi) is 2.30. The highest BCUT2D eigenvalue weighted by atomic mass is 16.7. The predicted octanol–water partition coefficient (Wildman–Crippen LogP) is 1.36. The monoisotopic (exact) mass is 221 g/mol. The van der Waals surface area contributed by atoms with Crippen LogP contribution >= 0.6 is 0 Å². The topological polar surface area (TPSA) is 79.1 Å². The maximum absolute atomic E-state index is 10.9. The first-order chi connectivity index (χ1) is 7.51. The van der Waals surface area contributed by atoms with Crippen molar-refractivity contribution in [3.63, 3.8) is 0 Å². The largest absolute Gasteiger partial charge is 0.508 e. The Bertz CT molecular complexity index is 452. The van der Waals surface area contributed by atoms with Gasteiger partial charge in [-0.05, 0) is 36.8 Å². The van der Waals surface area contributed by atoms with Gasteiger partial charge in [-0.25, -0.2) is 4.79 Å². The van der Waals surface area contributed by atoms with Gasteiger partial charge in [-0.2, -0.15) is 0 Å². The molecule has 1 aromatic rings. The maximum atomic E-state index is 10.9. The van der Waals surface area contributed by atoms with Gasteiger partial charge in [0.2, 0.25) is 5.60 Å². The van der Waals surface area contributed by atoms with Gasteiger partial charge in [0.25, 0.3) is 0 Å². The number of phenolic OH excluding ortho intramolecular Hbond substituents is 1. The van der Waals surface area contributed by atoms with Crippen LogP contribution in [0.1, 0.15) is 18.9 Å². The van der Waals surface area contributed by atoms with Gasteiger partial charge in [0.15, 0.2) is 0 Å². The van der Waals surface area contributed by atoms with Crippen molar-refractivity contribution in [2.75, 3.05) is 0 Å². The molecule has 84 valence electrons. The Balaban J connectivity index is 2.20. The molecular weight excluding hydrogens is 210 g/mol. The molecule has 0 spiro atoms. The fourth-order valence-electron chi connectivity index (χ4n) is 1.46. The molecule has 0 saturated carbocycles. The van der Waals surface area contributed by atoms with E-state index < -0.39 is 11.6 Å². The van der Waals surface area contributed by atoms with Gasteiger partial charge in [0, 0.05) is 6.42 Å². The van der Waals surface area contributed by atoms with E-state index in [9.17, 15) is 4.79 Å². The molecule has 5 nitrogen and oxygen atoms in total. The van der Waals surface area contributed by atoms with Crippen LogP contribution in [0.5, 0.6) is 5.75 Å². The fourth-order valence-corrected chi connectivity index (χ4v) is 1.46. The van der Waals surface area contributed by atoms with E-state index in [4.69, 9.17) is 15.1 Å². The number of carboxylic acids is 1. The minimum Gasteiger partial charge on any atom is -0.508 e.